The van der Waals surface area contributed by atoms with Gasteiger partial charge in [0.1, 0.15) is 5.65 Å². The quantitative estimate of drug-likeness (QED) is 0.182. The van der Waals surface area contributed by atoms with Crippen molar-refractivity contribution in [1.29, 1.82) is 0 Å². The topological polar surface area (TPSA) is 56.0 Å². The van der Waals surface area contributed by atoms with Crippen molar-refractivity contribution in [1.82, 2.24) is 9.38 Å². The van der Waals surface area contributed by atoms with E-state index < -0.39 is 12.8 Å². The number of hydrogen-bond donors (Lipinski definition) is 0. The second-order valence-corrected chi connectivity index (χ2v) is 7.31. The van der Waals surface area contributed by atoms with E-state index in [9.17, 15) is 18.0 Å². The minimum Gasteiger partial charge on any atom is -0.393 e. The number of benzene rings is 2. The van der Waals surface area contributed by atoms with Gasteiger partial charge in [-0.3, -0.25) is 9.20 Å². The van der Waals surface area contributed by atoms with E-state index in [0.29, 0.717) is 22.3 Å². The van der Waals surface area contributed by atoms with Crippen LogP contribution in [0.4, 0.5) is 19.0 Å². The first kappa shape index (κ1) is 21.9. The molecule has 0 fully saturated rings. The molecule has 5 nitrogen and oxygen atoms in total. The molecule has 0 atom stereocenters. The number of nitrogens with zero attached hydrogens (tertiary/aromatic N) is 3. The third-order valence-electron chi connectivity index (χ3n) is 4.47. The Morgan fingerprint density at radius 2 is 1.75 bits per heavy atom. The maximum Gasteiger partial charge on any atom is 0.390 e. The van der Waals surface area contributed by atoms with Crippen molar-refractivity contribution in [2.45, 2.75) is 6.61 Å². The average molecular weight is 478 g/mol. The van der Waals surface area contributed by atoms with Gasteiger partial charge in [0.15, 0.2) is 11.6 Å². The van der Waals surface area contributed by atoms with Crippen molar-refractivity contribution in [3.8, 4) is 11.3 Å². The van der Waals surface area contributed by atoms with Crippen molar-refractivity contribution in [2.24, 2.45) is 4.99 Å². The number of rotatable bonds is 5. The number of carbonyl (C=O) groups excluding carboxylic acids is 1. The summed E-state index contributed by atoms with van der Waals surface area (Å²) in [5.74, 6) is -0.496. The second-order valence-electron chi connectivity index (χ2n) is 6.50. The third kappa shape index (κ3) is 4.46. The van der Waals surface area contributed by atoms with Crippen LogP contribution in [0.25, 0.3) is 16.9 Å². The first-order valence-corrected chi connectivity index (χ1v) is 9.85. The van der Waals surface area contributed by atoms with Gasteiger partial charge in [0.25, 0.3) is 0 Å². The Morgan fingerprint density at radius 1 is 1.00 bits per heavy atom. The zero-order valence-corrected chi connectivity index (χ0v) is 17.5. The average Bonchev–Trinajstić information content (AvgIpc) is 3.12. The Morgan fingerprint density at radius 3 is 2.44 bits per heavy atom. The summed E-state index contributed by atoms with van der Waals surface area (Å²) in [5.41, 5.74) is 1.70. The second kappa shape index (κ2) is 9.02. The molecular weight excluding hydrogens is 466 g/mol. The predicted octanol–water partition coefficient (Wildman–Crippen LogP) is 6.74. The molecule has 0 radical (unpaired) electrons. The largest absolute Gasteiger partial charge is 0.393 e. The summed E-state index contributed by atoms with van der Waals surface area (Å²) in [4.78, 5) is 20.5. The Balaban J connectivity index is 1.91. The number of imidazole rings is 1. The summed E-state index contributed by atoms with van der Waals surface area (Å²) >= 11 is 12.1. The molecule has 2 heterocycles. The van der Waals surface area contributed by atoms with Crippen molar-refractivity contribution < 1.29 is 22.7 Å². The van der Waals surface area contributed by atoms with Crippen LogP contribution in [0.15, 0.2) is 71.9 Å². The van der Waals surface area contributed by atoms with Crippen molar-refractivity contribution in [3.05, 3.63) is 88.0 Å². The Bertz CT molecular complexity index is 1340. The highest BCUT2D eigenvalue weighted by Gasteiger charge is 2.19. The lowest BCUT2D eigenvalue weighted by atomic mass is 10.1. The van der Waals surface area contributed by atoms with Gasteiger partial charge >= 0.3 is 12.8 Å². The number of ketones is 1. The lowest BCUT2D eigenvalue weighted by Gasteiger charge is -2.07. The molecule has 0 unspecified atom stereocenters. The number of aliphatic imine (C=N–C) groups is 1. The van der Waals surface area contributed by atoms with Gasteiger partial charge in [-0.15, -0.1) is 4.39 Å². The van der Waals surface area contributed by atoms with Crippen LogP contribution in [0.2, 0.25) is 10.0 Å². The number of aromatic nitrogens is 2. The monoisotopic (exact) mass is 477 g/mol. The van der Waals surface area contributed by atoms with E-state index in [0.717, 1.165) is 0 Å². The molecule has 162 valence electrons. The molecule has 0 saturated heterocycles. The molecule has 0 aliphatic carbocycles. The van der Waals surface area contributed by atoms with Crippen LogP contribution < -0.4 is 0 Å². The lowest BCUT2D eigenvalue weighted by molar-refractivity contribution is -0.0688. The van der Waals surface area contributed by atoms with Gasteiger partial charge in [0.05, 0.1) is 15.7 Å². The highest BCUT2D eigenvalue weighted by molar-refractivity contribution is 6.42. The van der Waals surface area contributed by atoms with Crippen molar-refractivity contribution >= 4 is 46.6 Å². The van der Waals surface area contributed by atoms with Crippen LogP contribution in [-0.2, 0) is 4.74 Å². The maximum atomic E-state index is 13.8. The SMILES string of the molecule is O=C(c1ccccc1)c1ccc2nc(/N=C(/F)OC(F)F)c(-c3ccc(Cl)c(Cl)c3)n2c1. The van der Waals surface area contributed by atoms with E-state index >= 15 is 0 Å². The zero-order valence-electron chi connectivity index (χ0n) is 16.0. The highest BCUT2D eigenvalue weighted by atomic mass is 35.5. The van der Waals surface area contributed by atoms with E-state index in [1.807, 2.05) is 0 Å². The molecule has 0 aliphatic heterocycles. The van der Waals surface area contributed by atoms with Gasteiger partial charge in [0, 0.05) is 22.9 Å². The van der Waals surface area contributed by atoms with Crippen LogP contribution in [-0.4, -0.2) is 27.9 Å². The van der Waals surface area contributed by atoms with E-state index in [1.165, 1.54) is 28.8 Å². The molecule has 4 rings (SSSR count). The number of halogens is 5. The Kier molecular flexibility index (Phi) is 6.16. The molecule has 2 aromatic heterocycles. The Labute approximate surface area is 189 Å². The molecule has 0 aliphatic rings. The minimum atomic E-state index is -3.39. The molecular formula is C22H12Cl2F3N3O2. The number of pyridine rings is 1. The number of alkyl halides is 2. The summed E-state index contributed by atoms with van der Waals surface area (Å²) < 4.78 is 43.8. The van der Waals surface area contributed by atoms with Gasteiger partial charge in [-0.25, -0.2) is 4.98 Å². The van der Waals surface area contributed by atoms with Crippen LogP contribution in [0.5, 0.6) is 0 Å². The highest BCUT2D eigenvalue weighted by Crippen LogP contribution is 2.35. The molecule has 0 amide bonds. The van der Waals surface area contributed by atoms with E-state index in [2.05, 4.69) is 14.7 Å². The molecule has 10 heteroatoms. The van der Waals surface area contributed by atoms with Crippen LogP contribution in [0, 0.1) is 0 Å². The molecule has 32 heavy (non-hydrogen) atoms. The van der Waals surface area contributed by atoms with Crippen molar-refractivity contribution in [2.75, 3.05) is 0 Å². The normalized spacial score (nSPS) is 11.9. The maximum absolute atomic E-state index is 13.8. The van der Waals surface area contributed by atoms with Crippen molar-refractivity contribution in [3.63, 3.8) is 0 Å². The fourth-order valence-corrected chi connectivity index (χ4v) is 3.39. The summed E-state index contributed by atoms with van der Waals surface area (Å²) in [6, 6.07) is 16.3. The van der Waals surface area contributed by atoms with E-state index in [4.69, 9.17) is 23.2 Å². The minimum absolute atomic E-state index is 0.203. The van der Waals surface area contributed by atoms with Gasteiger partial charge < -0.3 is 4.74 Å². The smallest absolute Gasteiger partial charge is 0.390 e. The van der Waals surface area contributed by atoms with Crippen LogP contribution in [0.3, 0.4) is 0 Å². The summed E-state index contributed by atoms with van der Waals surface area (Å²) in [6.07, 6.45) is -0.259. The number of hydrogen-bond acceptors (Lipinski definition) is 4. The van der Waals surface area contributed by atoms with Crippen LogP contribution >= 0.6 is 23.2 Å². The number of fused-ring (bicyclic) bond motifs is 1. The summed E-state index contributed by atoms with van der Waals surface area (Å²) in [7, 11) is 0. The van der Waals surface area contributed by atoms with E-state index in [1.54, 1.807) is 42.5 Å². The molecule has 0 spiro atoms. The summed E-state index contributed by atoms with van der Waals surface area (Å²) in [5, 5.41) is 0.483. The Hall–Kier alpha value is -3.36. The number of ether oxygens (including phenoxy) is 1. The molecule has 4 aromatic rings. The van der Waals surface area contributed by atoms with Gasteiger partial charge in [-0.05, 0) is 24.3 Å². The van der Waals surface area contributed by atoms with Gasteiger partial charge in [-0.1, -0.05) is 59.6 Å². The molecule has 0 saturated carbocycles. The standard InChI is InChI=1S/C22H12Cl2F3N3O2/c23-15-8-6-13(10-16(15)24)18-20(29-22(27)32-21(25)26)28-17-9-7-14(11-30(17)18)19(31)12-4-2-1-3-5-12/h1-11,21H/b29-22-. The van der Waals surface area contributed by atoms with Gasteiger partial charge in [0.2, 0.25) is 0 Å². The van der Waals surface area contributed by atoms with E-state index in [-0.39, 0.29) is 27.3 Å². The third-order valence-corrected chi connectivity index (χ3v) is 5.21. The van der Waals surface area contributed by atoms with Crippen LogP contribution in [0.1, 0.15) is 15.9 Å². The molecule has 0 N–H and O–H groups in total. The molecule has 0 bridgehead atoms. The zero-order chi connectivity index (χ0) is 22.8. The molecule has 2 aromatic carbocycles. The predicted molar refractivity (Wildman–Crippen MR) is 116 cm³/mol. The number of carbonyl (C=O) groups is 1. The fourth-order valence-electron chi connectivity index (χ4n) is 3.10. The van der Waals surface area contributed by atoms with Gasteiger partial charge in [-0.2, -0.15) is 13.8 Å². The first-order chi connectivity index (χ1) is 15.3. The summed E-state index contributed by atoms with van der Waals surface area (Å²) in [6.45, 7) is -3.39. The fraction of sp³-hybridized carbons (Fsp3) is 0.0455. The first-order valence-electron chi connectivity index (χ1n) is 9.10. The lowest BCUT2D eigenvalue weighted by Crippen LogP contribution is -2.04.